The zero-order valence-electron chi connectivity index (χ0n) is 15.2. The number of amides is 3. The van der Waals surface area contributed by atoms with Crippen molar-refractivity contribution in [3.63, 3.8) is 0 Å². The largest absolute Gasteiger partial charge is 0.494 e. The van der Waals surface area contributed by atoms with Gasteiger partial charge in [0.15, 0.2) is 0 Å². The number of benzene rings is 1. The van der Waals surface area contributed by atoms with Crippen molar-refractivity contribution >= 4 is 17.7 Å². The van der Waals surface area contributed by atoms with Crippen molar-refractivity contribution in [1.29, 1.82) is 0 Å². The van der Waals surface area contributed by atoms with Gasteiger partial charge in [-0.15, -0.1) is 0 Å². The molecule has 6 heteroatoms. The van der Waals surface area contributed by atoms with Gasteiger partial charge in [-0.3, -0.25) is 19.3 Å². The second-order valence-electron chi connectivity index (χ2n) is 6.75. The normalized spacial score (nSPS) is 21.7. The molecule has 1 heterocycles. The summed E-state index contributed by atoms with van der Waals surface area (Å²) in [5.74, 6) is -0.477. The third-order valence-corrected chi connectivity index (χ3v) is 4.97. The van der Waals surface area contributed by atoms with E-state index in [1.54, 1.807) is 7.05 Å². The zero-order chi connectivity index (χ0) is 18.7. The van der Waals surface area contributed by atoms with Gasteiger partial charge in [0.05, 0.1) is 18.4 Å². The molecule has 6 nitrogen and oxygen atoms in total. The summed E-state index contributed by atoms with van der Waals surface area (Å²) < 4.78 is 5.40. The number of fused-ring (bicyclic) bond motifs is 1. The third-order valence-electron chi connectivity index (χ3n) is 4.97. The maximum atomic E-state index is 12.5. The number of imide groups is 1. The van der Waals surface area contributed by atoms with E-state index in [0.29, 0.717) is 26.0 Å². The Morgan fingerprint density at radius 2 is 1.69 bits per heavy atom. The Bertz CT molecular complexity index is 700. The van der Waals surface area contributed by atoms with Crippen molar-refractivity contribution in [3.05, 3.63) is 42.0 Å². The molecule has 0 radical (unpaired) electrons. The summed E-state index contributed by atoms with van der Waals surface area (Å²) in [6.45, 7) is 2.76. The fourth-order valence-electron chi connectivity index (χ4n) is 3.50. The predicted octanol–water partition coefficient (Wildman–Crippen LogP) is 1.99. The number of allylic oxidation sites excluding steroid dienone is 2. The number of likely N-dealkylation sites (tertiary alicyclic amines) is 1. The van der Waals surface area contributed by atoms with Crippen LogP contribution in [-0.4, -0.2) is 47.7 Å². The van der Waals surface area contributed by atoms with E-state index in [4.69, 9.17) is 4.74 Å². The van der Waals surface area contributed by atoms with Gasteiger partial charge in [0.2, 0.25) is 17.7 Å². The zero-order valence-corrected chi connectivity index (χ0v) is 15.2. The molecule has 1 aromatic carbocycles. The molecular formula is C20H24N2O4. The summed E-state index contributed by atoms with van der Waals surface area (Å²) in [5.41, 5.74) is 0.959. The summed E-state index contributed by atoms with van der Waals surface area (Å²) in [6, 6.07) is 7.53. The molecule has 0 bridgehead atoms. The number of nitrogens with zero attached hydrogens (tertiary/aromatic N) is 2. The van der Waals surface area contributed by atoms with Crippen molar-refractivity contribution in [3.8, 4) is 5.75 Å². The van der Waals surface area contributed by atoms with Crippen LogP contribution in [0.4, 0.5) is 0 Å². The first-order chi connectivity index (χ1) is 12.5. The van der Waals surface area contributed by atoms with E-state index < -0.39 is 0 Å². The molecule has 1 fully saturated rings. The molecule has 1 saturated heterocycles. The highest BCUT2D eigenvalue weighted by molar-refractivity contribution is 6.07. The van der Waals surface area contributed by atoms with Crippen molar-refractivity contribution < 1.29 is 19.1 Å². The van der Waals surface area contributed by atoms with E-state index in [0.717, 1.165) is 16.2 Å². The van der Waals surface area contributed by atoms with Gasteiger partial charge >= 0.3 is 0 Å². The van der Waals surface area contributed by atoms with Gasteiger partial charge in [-0.05, 0) is 37.5 Å². The maximum Gasteiger partial charge on any atom is 0.242 e. The van der Waals surface area contributed by atoms with E-state index in [9.17, 15) is 14.4 Å². The Labute approximate surface area is 153 Å². The summed E-state index contributed by atoms with van der Waals surface area (Å²) in [6.07, 6.45) is 5.05. The Balaban J connectivity index is 1.59. The maximum absolute atomic E-state index is 12.5. The van der Waals surface area contributed by atoms with Gasteiger partial charge in [0, 0.05) is 13.6 Å². The predicted molar refractivity (Wildman–Crippen MR) is 96.2 cm³/mol. The Kier molecular flexibility index (Phi) is 5.40. The first-order valence-corrected chi connectivity index (χ1v) is 8.97. The lowest BCUT2D eigenvalue weighted by molar-refractivity contribution is -0.146. The molecule has 0 spiro atoms. The number of carbonyl (C=O) groups is 3. The first kappa shape index (κ1) is 18.2. The summed E-state index contributed by atoms with van der Waals surface area (Å²) >= 11 is 0. The van der Waals surface area contributed by atoms with Crippen LogP contribution in [0.3, 0.4) is 0 Å². The van der Waals surface area contributed by atoms with Crippen molar-refractivity contribution in [2.75, 3.05) is 20.2 Å². The number of ether oxygens (including phenoxy) is 1. The Morgan fingerprint density at radius 1 is 1.12 bits per heavy atom. The smallest absolute Gasteiger partial charge is 0.242 e. The summed E-state index contributed by atoms with van der Waals surface area (Å²) in [7, 11) is 1.68. The van der Waals surface area contributed by atoms with Crippen molar-refractivity contribution in [2.24, 2.45) is 11.8 Å². The number of hydrogen-bond acceptors (Lipinski definition) is 4. The summed E-state index contributed by atoms with van der Waals surface area (Å²) in [4.78, 5) is 40.1. The molecule has 0 saturated carbocycles. The Morgan fingerprint density at radius 3 is 2.23 bits per heavy atom. The number of hydrogen-bond donors (Lipinski definition) is 0. The lowest BCUT2D eigenvalue weighted by Gasteiger charge is -2.21. The van der Waals surface area contributed by atoms with Crippen LogP contribution in [0.5, 0.6) is 5.75 Å². The van der Waals surface area contributed by atoms with E-state index in [1.165, 1.54) is 4.90 Å². The molecule has 2 unspecified atom stereocenters. The molecule has 1 aliphatic carbocycles. The van der Waals surface area contributed by atoms with E-state index in [1.807, 2.05) is 43.3 Å². The van der Waals surface area contributed by atoms with E-state index in [2.05, 4.69) is 0 Å². The quantitative estimate of drug-likeness (QED) is 0.578. The average molecular weight is 356 g/mol. The Hall–Kier alpha value is -2.63. The third kappa shape index (κ3) is 3.64. The van der Waals surface area contributed by atoms with Gasteiger partial charge in [0.1, 0.15) is 12.3 Å². The minimum absolute atomic E-state index is 0.182. The van der Waals surface area contributed by atoms with Crippen LogP contribution in [-0.2, 0) is 20.9 Å². The van der Waals surface area contributed by atoms with Gasteiger partial charge in [0.25, 0.3) is 0 Å². The molecule has 0 N–H and O–H groups in total. The number of rotatable bonds is 6. The minimum Gasteiger partial charge on any atom is -0.494 e. The van der Waals surface area contributed by atoms with Crippen LogP contribution < -0.4 is 4.74 Å². The van der Waals surface area contributed by atoms with Crippen LogP contribution in [0.1, 0.15) is 25.3 Å². The highest BCUT2D eigenvalue weighted by Gasteiger charge is 2.47. The molecule has 1 aromatic rings. The topological polar surface area (TPSA) is 66.9 Å². The first-order valence-electron chi connectivity index (χ1n) is 8.97. The highest BCUT2D eigenvalue weighted by atomic mass is 16.5. The molecule has 3 amide bonds. The van der Waals surface area contributed by atoms with Gasteiger partial charge in [-0.2, -0.15) is 0 Å². The second kappa shape index (κ2) is 7.72. The molecule has 2 atom stereocenters. The van der Waals surface area contributed by atoms with Crippen LogP contribution in [0.15, 0.2) is 36.4 Å². The van der Waals surface area contributed by atoms with E-state index >= 15 is 0 Å². The van der Waals surface area contributed by atoms with Gasteiger partial charge < -0.3 is 9.64 Å². The SMILES string of the molecule is CCOc1ccc(CN(C)C(=O)CN2C(=O)C3CC=CCC3C2=O)cc1. The molecular weight excluding hydrogens is 332 g/mol. The van der Waals surface area contributed by atoms with Crippen LogP contribution in [0.2, 0.25) is 0 Å². The molecule has 3 rings (SSSR count). The molecule has 0 aromatic heterocycles. The fourth-order valence-corrected chi connectivity index (χ4v) is 3.50. The summed E-state index contributed by atoms with van der Waals surface area (Å²) in [5, 5.41) is 0. The minimum atomic E-state index is -0.295. The van der Waals surface area contributed by atoms with Crippen LogP contribution >= 0.6 is 0 Å². The van der Waals surface area contributed by atoms with Crippen molar-refractivity contribution in [1.82, 2.24) is 9.80 Å². The number of carbonyl (C=O) groups excluding carboxylic acids is 3. The molecule has 1 aliphatic heterocycles. The van der Waals surface area contributed by atoms with Crippen LogP contribution in [0, 0.1) is 11.8 Å². The standard InChI is InChI=1S/C20H24N2O4/c1-3-26-15-10-8-14(9-11-15)12-21(2)18(23)13-22-19(24)16-6-4-5-7-17(16)20(22)25/h4-5,8-11,16-17H,3,6-7,12-13H2,1-2H3. The van der Waals surface area contributed by atoms with Gasteiger partial charge in [-0.25, -0.2) is 0 Å². The monoisotopic (exact) mass is 356 g/mol. The van der Waals surface area contributed by atoms with Crippen molar-refractivity contribution in [2.45, 2.75) is 26.3 Å². The molecule has 26 heavy (non-hydrogen) atoms. The molecule has 138 valence electrons. The lowest BCUT2D eigenvalue weighted by atomic mass is 9.85. The van der Waals surface area contributed by atoms with Crippen LogP contribution in [0.25, 0.3) is 0 Å². The number of likely N-dealkylation sites (N-methyl/N-ethyl adjacent to an activating group) is 1. The molecule has 2 aliphatic rings. The van der Waals surface area contributed by atoms with Gasteiger partial charge in [-0.1, -0.05) is 24.3 Å². The fraction of sp³-hybridized carbons (Fsp3) is 0.450. The lowest BCUT2D eigenvalue weighted by Crippen LogP contribution is -2.41. The second-order valence-corrected chi connectivity index (χ2v) is 6.75. The van der Waals surface area contributed by atoms with E-state index in [-0.39, 0.29) is 36.1 Å². The highest BCUT2D eigenvalue weighted by Crippen LogP contribution is 2.34. The average Bonchev–Trinajstić information content (AvgIpc) is 2.89.